The van der Waals surface area contributed by atoms with Crippen LogP contribution < -0.4 is 0 Å². The smallest absolute Gasteiger partial charge is 0.164 e. The van der Waals surface area contributed by atoms with Crippen LogP contribution in [0.3, 0.4) is 0 Å². The number of nitrogens with zero attached hydrogens (tertiary/aromatic N) is 1. The van der Waals surface area contributed by atoms with Crippen molar-refractivity contribution in [2.45, 2.75) is 0 Å². The molecule has 1 nitrogen and oxygen atoms in total. The molecular weight excluding hydrogens is 225 g/mol. The van der Waals surface area contributed by atoms with Gasteiger partial charge in [0.1, 0.15) is 10.8 Å². The second kappa shape index (κ2) is 3.61. The van der Waals surface area contributed by atoms with Crippen LogP contribution in [0.25, 0.3) is 10.6 Å². The summed E-state index contributed by atoms with van der Waals surface area (Å²) in [6.45, 7) is 0. The summed E-state index contributed by atoms with van der Waals surface area (Å²) >= 11 is 7.70. The van der Waals surface area contributed by atoms with E-state index in [9.17, 15) is 4.39 Å². The highest BCUT2D eigenvalue weighted by Gasteiger charge is 2.01. The minimum atomic E-state index is -0.234. The number of rotatable bonds is 1. The Morgan fingerprint density at radius 2 is 1.92 bits per heavy atom. The van der Waals surface area contributed by atoms with E-state index in [4.69, 9.17) is 12.2 Å². The Bertz CT molecular complexity index is 457. The number of hydrogen-bond acceptors (Lipinski definition) is 4. The summed E-state index contributed by atoms with van der Waals surface area (Å²) < 4.78 is 17.5. The molecule has 0 N–H and O–H groups in total. The normalized spacial score (nSPS) is 10.2. The summed E-state index contributed by atoms with van der Waals surface area (Å²) in [7, 11) is 0. The Kier molecular flexibility index (Phi) is 2.48. The average molecular weight is 229 g/mol. The predicted octanol–water partition coefficient (Wildman–Crippen LogP) is 3.74. The summed E-state index contributed by atoms with van der Waals surface area (Å²) in [5, 5.41) is 0.856. The standard InChI is InChI=1S/C8H4FNS3/c9-6-3-1-5(2-4-6)7-10-13-8(11)12-7/h1-4H. The summed E-state index contributed by atoms with van der Waals surface area (Å²) in [4.78, 5) is 0. The molecule has 0 aliphatic heterocycles. The van der Waals surface area contributed by atoms with Gasteiger partial charge in [-0.25, -0.2) is 4.39 Å². The van der Waals surface area contributed by atoms with E-state index in [1.807, 2.05) is 0 Å². The zero-order chi connectivity index (χ0) is 9.26. The van der Waals surface area contributed by atoms with E-state index < -0.39 is 0 Å². The van der Waals surface area contributed by atoms with Crippen LogP contribution in [0.2, 0.25) is 0 Å². The van der Waals surface area contributed by atoms with Crippen LogP contribution in [0, 0.1) is 8.95 Å². The van der Waals surface area contributed by atoms with E-state index in [2.05, 4.69) is 4.37 Å². The Morgan fingerprint density at radius 1 is 1.23 bits per heavy atom. The first-order valence-electron chi connectivity index (χ1n) is 3.48. The van der Waals surface area contributed by atoms with Crippen LogP contribution in [0.5, 0.6) is 0 Å². The van der Waals surface area contributed by atoms with Gasteiger partial charge in [-0.3, -0.25) is 0 Å². The van der Waals surface area contributed by atoms with E-state index >= 15 is 0 Å². The van der Waals surface area contributed by atoms with E-state index in [1.54, 1.807) is 12.1 Å². The molecule has 1 aromatic heterocycles. The van der Waals surface area contributed by atoms with E-state index in [0.717, 1.165) is 13.7 Å². The molecule has 1 heterocycles. The maximum Gasteiger partial charge on any atom is 0.164 e. The molecule has 0 saturated carbocycles. The van der Waals surface area contributed by atoms with Crippen LogP contribution in [0.1, 0.15) is 0 Å². The molecule has 0 unspecified atom stereocenters. The molecule has 0 fully saturated rings. The molecule has 1 aromatic carbocycles. The predicted molar refractivity (Wildman–Crippen MR) is 56.2 cm³/mol. The molecule has 2 aromatic rings. The Balaban J connectivity index is 2.47. The van der Waals surface area contributed by atoms with Gasteiger partial charge in [-0.1, -0.05) is 23.6 Å². The van der Waals surface area contributed by atoms with Crippen molar-refractivity contribution < 1.29 is 4.39 Å². The van der Waals surface area contributed by atoms with Crippen LogP contribution in [0.15, 0.2) is 24.3 Å². The van der Waals surface area contributed by atoms with Crippen molar-refractivity contribution in [3.05, 3.63) is 33.2 Å². The van der Waals surface area contributed by atoms with Crippen LogP contribution in [-0.2, 0) is 0 Å². The Labute approximate surface area is 87.7 Å². The third kappa shape index (κ3) is 1.99. The van der Waals surface area contributed by atoms with Crippen molar-refractivity contribution in [1.82, 2.24) is 4.37 Å². The maximum absolute atomic E-state index is 12.6. The van der Waals surface area contributed by atoms with Gasteiger partial charge in [0, 0.05) is 5.56 Å². The summed E-state index contributed by atoms with van der Waals surface area (Å²) in [5.41, 5.74) is 0.916. The SMILES string of the molecule is Fc1ccc(-c2nsc(=S)s2)cc1. The van der Waals surface area contributed by atoms with Gasteiger partial charge in [-0.05, 0) is 35.8 Å². The second-order valence-electron chi connectivity index (χ2n) is 2.35. The molecule has 13 heavy (non-hydrogen) atoms. The lowest BCUT2D eigenvalue weighted by molar-refractivity contribution is 0.628. The summed E-state index contributed by atoms with van der Waals surface area (Å²) in [5.74, 6) is -0.234. The molecule has 0 amide bonds. The summed E-state index contributed by atoms with van der Waals surface area (Å²) in [6.07, 6.45) is 0. The molecule has 5 heteroatoms. The van der Waals surface area contributed by atoms with Gasteiger partial charge >= 0.3 is 0 Å². The van der Waals surface area contributed by atoms with Gasteiger partial charge in [-0.15, -0.1) is 0 Å². The second-order valence-corrected chi connectivity index (χ2v) is 5.30. The van der Waals surface area contributed by atoms with Crippen molar-refractivity contribution >= 4 is 35.1 Å². The quantitative estimate of drug-likeness (QED) is 0.691. The van der Waals surface area contributed by atoms with Gasteiger partial charge < -0.3 is 0 Å². The van der Waals surface area contributed by atoms with E-state index in [-0.39, 0.29) is 5.82 Å². The van der Waals surface area contributed by atoms with Crippen LogP contribution in [-0.4, -0.2) is 4.37 Å². The molecule has 2 rings (SSSR count). The van der Waals surface area contributed by atoms with Gasteiger partial charge in [0.15, 0.2) is 3.14 Å². The first kappa shape index (κ1) is 8.93. The third-order valence-electron chi connectivity index (χ3n) is 1.47. The number of benzene rings is 1. The minimum Gasteiger partial charge on any atom is -0.207 e. The average Bonchev–Trinajstić information content (AvgIpc) is 2.53. The molecular formula is C8H4FNS3. The van der Waals surface area contributed by atoms with Gasteiger partial charge in [0.25, 0.3) is 0 Å². The fourth-order valence-electron chi connectivity index (χ4n) is 0.899. The monoisotopic (exact) mass is 229 g/mol. The Hall–Kier alpha value is -0.650. The van der Waals surface area contributed by atoms with Crippen molar-refractivity contribution in [2.24, 2.45) is 0 Å². The molecule has 0 radical (unpaired) electrons. The van der Waals surface area contributed by atoms with Crippen molar-refractivity contribution in [1.29, 1.82) is 0 Å². The van der Waals surface area contributed by atoms with Gasteiger partial charge in [0.2, 0.25) is 0 Å². The fourth-order valence-corrected chi connectivity index (χ4v) is 2.68. The van der Waals surface area contributed by atoms with Crippen molar-refractivity contribution in [3.63, 3.8) is 0 Å². The summed E-state index contributed by atoms with van der Waals surface area (Å²) in [6, 6.07) is 6.25. The van der Waals surface area contributed by atoms with E-state index in [0.29, 0.717) is 0 Å². The zero-order valence-corrected chi connectivity index (χ0v) is 8.81. The Morgan fingerprint density at radius 3 is 2.46 bits per heavy atom. The zero-order valence-electron chi connectivity index (χ0n) is 6.36. The number of hydrogen-bond donors (Lipinski definition) is 0. The topological polar surface area (TPSA) is 12.9 Å². The largest absolute Gasteiger partial charge is 0.207 e. The highest BCUT2D eigenvalue weighted by Crippen LogP contribution is 2.25. The molecule has 0 atom stereocenters. The highest BCUT2D eigenvalue weighted by atomic mass is 32.2. The molecule has 0 bridgehead atoms. The van der Waals surface area contributed by atoms with Crippen molar-refractivity contribution in [3.8, 4) is 10.6 Å². The van der Waals surface area contributed by atoms with Crippen LogP contribution >= 0.6 is 35.1 Å². The van der Waals surface area contributed by atoms with Gasteiger partial charge in [0.05, 0.1) is 0 Å². The molecule has 66 valence electrons. The number of halogens is 1. The van der Waals surface area contributed by atoms with Crippen LogP contribution in [0.4, 0.5) is 4.39 Å². The number of aromatic nitrogens is 1. The third-order valence-corrected chi connectivity index (χ3v) is 3.65. The molecule has 0 spiro atoms. The van der Waals surface area contributed by atoms with Gasteiger partial charge in [-0.2, -0.15) is 4.37 Å². The maximum atomic E-state index is 12.6. The highest BCUT2D eigenvalue weighted by molar-refractivity contribution is 7.76. The van der Waals surface area contributed by atoms with E-state index in [1.165, 1.54) is 35.0 Å². The molecule has 0 aliphatic rings. The minimum absolute atomic E-state index is 0.234. The first-order chi connectivity index (χ1) is 6.25. The van der Waals surface area contributed by atoms with Crippen molar-refractivity contribution in [2.75, 3.05) is 0 Å². The lowest BCUT2D eigenvalue weighted by Crippen LogP contribution is -1.75. The first-order valence-corrected chi connectivity index (χ1v) is 5.48. The lowest BCUT2D eigenvalue weighted by Gasteiger charge is -1.93. The molecule has 0 aliphatic carbocycles. The molecule has 0 saturated heterocycles. The lowest BCUT2D eigenvalue weighted by atomic mass is 10.2. The fraction of sp³-hybridized carbons (Fsp3) is 0.